The molecule has 0 aliphatic heterocycles. The third kappa shape index (κ3) is 3.82. The fourth-order valence-electron chi connectivity index (χ4n) is 2.72. The van der Waals surface area contributed by atoms with Crippen LogP contribution in [-0.2, 0) is 0 Å². The van der Waals surface area contributed by atoms with E-state index in [0.717, 1.165) is 10.0 Å². The van der Waals surface area contributed by atoms with Crippen LogP contribution in [0, 0.1) is 0 Å². The molecule has 0 unspecified atom stereocenters. The third-order valence-corrected chi connectivity index (χ3v) is 4.74. The topological polar surface area (TPSA) is 137 Å². The van der Waals surface area contributed by atoms with E-state index in [1.54, 1.807) is 6.92 Å². The standard InChI is InChI=1S/C19H15BrN8O2/c1-11(12-7-9-14(20)10-8-12)22-24-19(29)15-16(13-5-3-2-4-6-13)28(27-23-15)18-17(21)25-30-26-18/h2-10H,1H3,(H2,21,25)(H,24,29)/b22-11-. The van der Waals surface area contributed by atoms with Crippen molar-refractivity contribution in [3.05, 3.63) is 70.3 Å². The molecule has 0 aliphatic carbocycles. The number of amides is 1. The van der Waals surface area contributed by atoms with Gasteiger partial charge in [0.1, 0.15) is 5.69 Å². The van der Waals surface area contributed by atoms with Gasteiger partial charge in [0.25, 0.3) is 5.91 Å². The molecule has 3 N–H and O–H groups in total. The van der Waals surface area contributed by atoms with Gasteiger partial charge in [0.05, 0.1) is 5.71 Å². The Morgan fingerprint density at radius 1 is 1.13 bits per heavy atom. The number of rotatable bonds is 5. The van der Waals surface area contributed by atoms with E-state index in [9.17, 15) is 4.79 Å². The van der Waals surface area contributed by atoms with Crippen LogP contribution in [0.25, 0.3) is 17.1 Å². The first-order valence-corrected chi connectivity index (χ1v) is 9.54. The zero-order chi connectivity index (χ0) is 21.1. The first-order valence-electron chi connectivity index (χ1n) is 8.74. The average molecular weight is 467 g/mol. The van der Waals surface area contributed by atoms with Crippen LogP contribution in [0.3, 0.4) is 0 Å². The minimum atomic E-state index is -0.536. The summed E-state index contributed by atoms with van der Waals surface area (Å²) in [4.78, 5) is 12.9. The molecule has 0 saturated carbocycles. The second kappa shape index (κ2) is 8.25. The number of hydrogen-bond donors (Lipinski definition) is 2. The number of benzene rings is 2. The van der Waals surface area contributed by atoms with Crippen LogP contribution < -0.4 is 11.2 Å². The van der Waals surface area contributed by atoms with Gasteiger partial charge in [-0.15, -0.1) is 5.10 Å². The molecule has 0 atom stereocenters. The molecule has 0 aliphatic rings. The molecule has 4 aromatic rings. The minimum Gasteiger partial charge on any atom is -0.378 e. The number of carbonyl (C=O) groups is 1. The average Bonchev–Trinajstić information content (AvgIpc) is 3.38. The molecule has 11 heteroatoms. The zero-order valence-electron chi connectivity index (χ0n) is 15.7. The van der Waals surface area contributed by atoms with E-state index in [4.69, 9.17) is 5.73 Å². The fraction of sp³-hybridized carbons (Fsp3) is 0.0526. The number of aromatic nitrogens is 5. The summed E-state index contributed by atoms with van der Waals surface area (Å²) in [6.45, 7) is 1.79. The van der Waals surface area contributed by atoms with Crippen molar-refractivity contribution in [3.8, 4) is 17.1 Å². The lowest BCUT2D eigenvalue weighted by Gasteiger charge is -2.06. The van der Waals surface area contributed by atoms with Crippen molar-refractivity contribution >= 4 is 33.4 Å². The number of carbonyl (C=O) groups excluding carboxylic acids is 1. The molecule has 0 bridgehead atoms. The Bertz CT molecular complexity index is 1220. The molecule has 0 saturated heterocycles. The lowest BCUT2D eigenvalue weighted by molar-refractivity contribution is 0.0950. The number of anilines is 1. The van der Waals surface area contributed by atoms with Crippen LogP contribution in [-0.4, -0.2) is 36.9 Å². The number of nitrogen functional groups attached to an aromatic ring is 1. The Hall–Kier alpha value is -3.86. The van der Waals surface area contributed by atoms with Gasteiger partial charge in [-0.3, -0.25) is 4.79 Å². The number of hydrogen-bond acceptors (Lipinski definition) is 8. The summed E-state index contributed by atoms with van der Waals surface area (Å²) in [6.07, 6.45) is 0. The predicted molar refractivity (Wildman–Crippen MR) is 113 cm³/mol. The van der Waals surface area contributed by atoms with Crippen LogP contribution in [0.5, 0.6) is 0 Å². The molecule has 2 heterocycles. The van der Waals surface area contributed by atoms with Crippen molar-refractivity contribution in [3.63, 3.8) is 0 Å². The smallest absolute Gasteiger partial charge is 0.294 e. The summed E-state index contributed by atoms with van der Waals surface area (Å²) in [5.74, 6) is -0.380. The van der Waals surface area contributed by atoms with Crippen molar-refractivity contribution in [1.82, 2.24) is 30.7 Å². The van der Waals surface area contributed by atoms with Crippen molar-refractivity contribution in [2.45, 2.75) is 6.92 Å². The lowest BCUT2D eigenvalue weighted by atomic mass is 10.1. The van der Waals surface area contributed by atoms with Crippen LogP contribution in [0.15, 0.2) is 68.8 Å². The number of halogens is 1. The van der Waals surface area contributed by atoms with E-state index >= 15 is 0 Å². The van der Waals surface area contributed by atoms with Gasteiger partial charge >= 0.3 is 0 Å². The maximum Gasteiger partial charge on any atom is 0.294 e. The largest absolute Gasteiger partial charge is 0.378 e. The van der Waals surface area contributed by atoms with Crippen LogP contribution in [0.2, 0.25) is 0 Å². The molecule has 2 aromatic heterocycles. The maximum atomic E-state index is 12.9. The van der Waals surface area contributed by atoms with E-state index in [2.05, 4.69) is 51.7 Å². The molecule has 0 radical (unpaired) electrons. The highest BCUT2D eigenvalue weighted by Crippen LogP contribution is 2.26. The lowest BCUT2D eigenvalue weighted by Crippen LogP contribution is -2.21. The van der Waals surface area contributed by atoms with E-state index in [1.165, 1.54) is 4.68 Å². The molecule has 150 valence electrons. The molecule has 1 amide bonds. The zero-order valence-corrected chi connectivity index (χ0v) is 17.2. The van der Waals surface area contributed by atoms with Crippen molar-refractivity contribution in [2.24, 2.45) is 5.10 Å². The number of nitrogens with zero attached hydrogens (tertiary/aromatic N) is 6. The fourth-order valence-corrected chi connectivity index (χ4v) is 2.98. The Morgan fingerprint density at radius 2 is 1.87 bits per heavy atom. The second-order valence-electron chi connectivity index (χ2n) is 6.18. The molecule has 0 spiro atoms. The quantitative estimate of drug-likeness (QED) is 0.340. The molecule has 4 rings (SSSR count). The molecule has 10 nitrogen and oxygen atoms in total. The summed E-state index contributed by atoms with van der Waals surface area (Å²) in [7, 11) is 0. The summed E-state index contributed by atoms with van der Waals surface area (Å²) in [5.41, 5.74) is 10.9. The first kappa shape index (κ1) is 19.5. The molecule has 0 fully saturated rings. The molecular formula is C19H15BrN8O2. The maximum absolute atomic E-state index is 12.9. The monoisotopic (exact) mass is 466 g/mol. The summed E-state index contributed by atoms with van der Waals surface area (Å²) in [6, 6.07) is 16.7. The van der Waals surface area contributed by atoms with Crippen molar-refractivity contribution < 1.29 is 9.42 Å². The number of nitrogens with one attached hydrogen (secondary N) is 1. The van der Waals surface area contributed by atoms with Crippen LogP contribution in [0.1, 0.15) is 23.0 Å². The van der Waals surface area contributed by atoms with Gasteiger partial charge in [-0.2, -0.15) is 9.78 Å². The SMILES string of the molecule is C/C(=N/NC(=O)c1nnn(-c2nonc2N)c1-c1ccccc1)c1ccc(Br)cc1. The number of hydrazone groups is 1. The van der Waals surface area contributed by atoms with E-state index in [-0.39, 0.29) is 17.3 Å². The van der Waals surface area contributed by atoms with E-state index in [1.807, 2.05) is 54.6 Å². The first-order chi connectivity index (χ1) is 14.5. The van der Waals surface area contributed by atoms with Crippen molar-refractivity contribution in [1.29, 1.82) is 0 Å². The summed E-state index contributed by atoms with van der Waals surface area (Å²) < 4.78 is 6.92. The van der Waals surface area contributed by atoms with Crippen molar-refractivity contribution in [2.75, 3.05) is 5.73 Å². The van der Waals surface area contributed by atoms with Gasteiger partial charge in [0, 0.05) is 10.0 Å². The predicted octanol–water partition coefficient (Wildman–Crippen LogP) is 2.82. The summed E-state index contributed by atoms with van der Waals surface area (Å²) in [5, 5.41) is 19.5. The second-order valence-corrected chi connectivity index (χ2v) is 7.10. The highest BCUT2D eigenvalue weighted by Gasteiger charge is 2.25. The van der Waals surface area contributed by atoms with Crippen LogP contribution in [0.4, 0.5) is 5.82 Å². The minimum absolute atomic E-state index is 0.0214. The normalized spacial score (nSPS) is 11.5. The Morgan fingerprint density at radius 3 is 2.53 bits per heavy atom. The van der Waals surface area contributed by atoms with E-state index in [0.29, 0.717) is 17.0 Å². The van der Waals surface area contributed by atoms with Gasteiger partial charge in [-0.1, -0.05) is 63.6 Å². The third-order valence-electron chi connectivity index (χ3n) is 4.22. The van der Waals surface area contributed by atoms with Gasteiger partial charge in [0.2, 0.25) is 11.6 Å². The van der Waals surface area contributed by atoms with Crippen LogP contribution >= 0.6 is 15.9 Å². The number of nitrogens with two attached hydrogens (primary N) is 1. The highest BCUT2D eigenvalue weighted by molar-refractivity contribution is 9.10. The van der Waals surface area contributed by atoms with Gasteiger partial charge in [-0.25, -0.2) is 10.1 Å². The van der Waals surface area contributed by atoms with Gasteiger partial charge < -0.3 is 5.73 Å². The molecule has 2 aromatic carbocycles. The van der Waals surface area contributed by atoms with E-state index < -0.39 is 5.91 Å². The Balaban J connectivity index is 1.69. The molecule has 30 heavy (non-hydrogen) atoms. The Kier molecular flexibility index (Phi) is 5.35. The van der Waals surface area contributed by atoms with Gasteiger partial charge in [-0.05, 0) is 34.9 Å². The Labute approximate surface area is 178 Å². The summed E-state index contributed by atoms with van der Waals surface area (Å²) >= 11 is 3.39. The molecular weight excluding hydrogens is 452 g/mol. The van der Waals surface area contributed by atoms with Gasteiger partial charge in [0.15, 0.2) is 5.69 Å². The highest BCUT2D eigenvalue weighted by atomic mass is 79.9.